The highest BCUT2D eigenvalue weighted by Crippen LogP contribution is 2.33. The first kappa shape index (κ1) is 18.4. The van der Waals surface area contributed by atoms with Gasteiger partial charge in [-0.25, -0.2) is 0 Å². The lowest BCUT2D eigenvalue weighted by molar-refractivity contribution is 0.0992. The number of amides is 2. The van der Waals surface area contributed by atoms with Gasteiger partial charge in [-0.05, 0) is 58.5 Å². The predicted molar refractivity (Wildman–Crippen MR) is 108 cm³/mol. The highest BCUT2D eigenvalue weighted by molar-refractivity contribution is 5.95. The topological polar surface area (TPSA) is 86.2 Å². The Bertz CT molecular complexity index is 974. The van der Waals surface area contributed by atoms with E-state index in [1.807, 2.05) is 24.3 Å². The lowest BCUT2D eigenvalue weighted by Gasteiger charge is -2.13. The van der Waals surface area contributed by atoms with Crippen molar-refractivity contribution in [2.24, 2.45) is 11.5 Å². The summed E-state index contributed by atoms with van der Waals surface area (Å²) >= 11 is 0. The third-order valence-electron chi connectivity index (χ3n) is 4.58. The number of aryl methyl sites for hydroxylation is 1. The van der Waals surface area contributed by atoms with Crippen molar-refractivity contribution in [3.63, 3.8) is 0 Å². The molecule has 0 saturated carbocycles. The maximum Gasteiger partial charge on any atom is 0.248 e. The van der Waals surface area contributed by atoms with Crippen LogP contribution in [0.15, 0.2) is 66.7 Å². The van der Waals surface area contributed by atoms with Gasteiger partial charge in [0.15, 0.2) is 0 Å². The summed E-state index contributed by atoms with van der Waals surface area (Å²) in [7, 11) is 0. The molecule has 0 radical (unpaired) electrons. The molecule has 136 valence electrons. The van der Waals surface area contributed by atoms with Gasteiger partial charge in [0.1, 0.15) is 0 Å². The number of carbonyl (C=O) groups is 2. The summed E-state index contributed by atoms with van der Waals surface area (Å²) in [4.78, 5) is 22.7. The number of hydrogen-bond donors (Lipinski definition) is 2. The molecular formula is C23H22N2O2. The number of carbonyl (C=O) groups excluding carboxylic acids is 2. The van der Waals surface area contributed by atoms with E-state index < -0.39 is 11.8 Å². The second kappa shape index (κ2) is 7.87. The monoisotopic (exact) mass is 358 g/mol. The van der Waals surface area contributed by atoms with Crippen molar-refractivity contribution in [1.29, 1.82) is 0 Å². The third-order valence-corrected chi connectivity index (χ3v) is 4.58. The van der Waals surface area contributed by atoms with Crippen molar-refractivity contribution in [3.05, 3.63) is 83.4 Å². The Morgan fingerprint density at radius 1 is 0.704 bits per heavy atom. The van der Waals surface area contributed by atoms with Gasteiger partial charge in [0.05, 0.1) is 0 Å². The molecule has 3 aromatic carbocycles. The molecule has 0 unspecified atom stereocenters. The van der Waals surface area contributed by atoms with E-state index in [4.69, 9.17) is 11.5 Å². The summed E-state index contributed by atoms with van der Waals surface area (Å²) in [5.41, 5.74) is 17.0. The van der Waals surface area contributed by atoms with Crippen LogP contribution in [0, 0.1) is 0 Å². The molecule has 4 nitrogen and oxygen atoms in total. The first-order valence-corrected chi connectivity index (χ1v) is 8.93. The molecule has 0 aliphatic carbocycles. The molecule has 0 aromatic heterocycles. The largest absolute Gasteiger partial charge is 0.366 e. The molecule has 0 atom stereocenters. The molecule has 0 aliphatic heterocycles. The number of nitrogens with two attached hydrogens (primary N) is 2. The number of rotatable bonds is 6. The quantitative estimate of drug-likeness (QED) is 0.693. The van der Waals surface area contributed by atoms with Crippen LogP contribution in [-0.4, -0.2) is 11.8 Å². The summed E-state index contributed by atoms with van der Waals surface area (Å²) in [6.45, 7) is 2.15. The van der Waals surface area contributed by atoms with Crippen LogP contribution in [0.25, 0.3) is 22.3 Å². The second-order valence-corrected chi connectivity index (χ2v) is 6.51. The van der Waals surface area contributed by atoms with Gasteiger partial charge in [-0.3, -0.25) is 9.59 Å². The normalized spacial score (nSPS) is 10.6. The van der Waals surface area contributed by atoms with Crippen LogP contribution in [0.2, 0.25) is 0 Å². The van der Waals surface area contributed by atoms with E-state index in [1.54, 1.807) is 24.3 Å². The average molecular weight is 358 g/mol. The van der Waals surface area contributed by atoms with Crippen LogP contribution in [-0.2, 0) is 6.42 Å². The van der Waals surface area contributed by atoms with Crippen LogP contribution in [0.1, 0.15) is 39.6 Å². The molecule has 0 heterocycles. The molecule has 3 rings (SSSR count). The minimum absolute atomic E-state index is 0.441. The number of hydrogen-bond acceptors (Lipinski definition) is 2. The third kappa shape index (κ3) is 4.06. The summed E-state index contributed by atoms with van der Waals surface area (Å²) < 4.78 is 0. The molecule has 0 spiro atoms. The lowest BCUT2D eigenvalue weighted by atomic mass is 9.91. The van der Waals surface area contributed by atoms with Crippen molar-refractivity contribution in [3.8, 4) is 22.3 Å². The van der Waals surface area contributed by atoms with E-state index in [1.165, 1.54) is 5.56 Å². The molecule has 4 N–H and O–H groups in total. The Morgan fingerprint density at radius 2 is 1.19 bits per heavy atom. The smallest absolute Gasteiger partial charge is 0.248 e. The van der Waals surface area contributed by atoms with Crippen LogP contribution in [0.3, 0.4) is 0 Å². The highest BCUT2D eigenvalue weighted by atomic mass is 16.1. The van der Waals surface area contributed by atoms with Crippen molar-refractivity contribution >= 4 is 11.8 Å². The first-order chi connectivity index (χ1) is 13.0. The Labute approximate surface area is 158 Å². The fourth-order valence-electron chi connectivity index (χ4n) is 3.15. The molecule has 0 fully saturated rings. The predicted octanol–water partition coefficient (Wildman–Crippen LogP) is 4.17. The Morgan fingerprint density at radius 3 is 1.63 bits per heavy atom. The van der Waals surface area contributed by atoms with E-state index in [0.717, 1.165) is 35.1 Å². The molecule has 0 saturated heterocycles. The van der Waals surface area contributed by atoms with E-state index >= 15 is 0 Å². The van der Waals surface area contributed by atoms with Crippen molar-refractivity contribution in [1.82, 2.24) is 0 Å². The van der Waals surface area contributed by atoms with Gasteiger partial charge in [0.2, 0.25) is 11.8 Å². The van der Waals surface area contributed by atoms with Crippen molar-refractivity contribution in [2.75, 3.05) is 0 Å². The minimum Gasteiger partial charge on any atom is -0.366 e. The zero-order valence-corrected chi connectivity index (χ0v) is 15.2. The maximum absolute atomic E-state index is 11.3. The maximum atomic E-state index is 11.3. The first-order valence-electron chi connectivity index (χ1n) is 8.93. The average Bonchev–Trinajstić information content (AvgIpc) is 2.68. The van der Waals surface area contributed by atoms with Crippen LogP contribution >= 0.6 is 0 Å². The molecule has 0 bridgehead atoms. The van der Waals surface area contributed by atoms with E-state index in [-0.39, 0.29) is 0 Å². The Balaban J connectivity index is 2.10. The van der Waals surface area contributed by atoms with Crippen LogP contribution in [0.4, 0.5) is 0 Å². The standard InChI is InChI=1S/C23H22N2O2/c1-2-3-15-4-13-20(16-5-9-18(10-6-16)22(24)26)21(14-15)17-7-11-19(12-8-17)23(25)27/h4-14H,2-3H2,1H3,(H2,24,26)(H2,25,27). The van der Waals surface area contributed by atoms with E-state index in [9.17, 15) is 9.59 Å². The van der Waals surface area contributed by atoms with Gasteiger partial charge in [-0.15, -0.1) is 0 Å². The van der Waals surface area contributed by atoms with Crippen LogP contribution < -0.4 is 11.5 Å². The lowest BCUT2D eigenvalue weighted by Crippen LogP contribution is -2.10. The molecule has 3 aromatic rings. The van der Waals surface area contributed by atoms with Crippen LogP contribution in [0.5, 0.6) is 0 Å². The fraction of sp³-hybridized carbons (Fsp3) is 0.130. The SMILES string of the molecule is CCCc1ccc(-c2ccc(C(N)=O)cc2)c(-c2ccc(C(N)=O)cc2)c1. The fourth-order valence-corrected chi connectivity index (χ4v) is 3.15. The molecular weight excluding hydrogens is 336 g/mol. The zero-order valence-electron chi connectivity index (χ0n) is 15.2. The summed E-state index contributed by atoms with van der Waals surface area (Å²) in [5, 5.41) is 0. The van der Waals surface area contributed by atoms with E-state index in [2.05, 4.69) is 25.1 Å². The molecule has 0 aliphatic rings. The van der Waals surface area contributed by atoms with Crippen molar-refractivity contribution < 1.29 is 9.59 Å². The zero-order chi connectivity index (χ0) is 19.4. The number of benzene rings is 3. The van der Waals surface area contributed by atoms with Crippen molar-refractivity contribution in [2.45, 2.75) is 19.8 Å². The van der Waals surface area contributed by atoms with Gasteiger partial charge >= 0.3 is 0 Å². The summed E-state index contributed by atoms with van der Waals surface area (Å²) in [6, 6.07) is 21.0. The summed E-state index contributed by atoms with van der Waals surface area (Å²) in [5.74, 6) is -0.884. The van der Waals surface area contributed by atoms with Gasteiger partial charge < -0.3 is 11.5 Å². The Kier molecular flexibility index (Phi) is 5.36. The molecule has 4 heteroatoms. The van der Waals surface area contributed by atoms with Gasteiger partial charge in [-0.2, -0.15) is 0 Å². The Hall–Kier alpha value is -3.40. The van der Waals surface area contributed by atoms with Gasteiger partial charge in [-0.1, -0.05) is 55.8 Å². The molecule has 27 heavy (non-hydrogen) atoms. The minimum atomic E-state index is -0.442. The highest BCUT2D eigenvalue weighted by Gasteiger charge is 2.11. The summed E-state index contributed by atoms with van der Waals surface area (Å²) in [6.07, 6.45) is 2.06. The second-order valence-electron chi connectivity index (χ2n) is 6.51. The van der Waals surface area contributed by atoms with Gasteiger partial charge in [0.25, 0.3) is 0 Å². The van der Waals surface area contributed by atoms with E-state index in [0.29, 0.717) is 11.1 Å². The van der Waals surface area contributed by atoms with Gasteiger partial charge in [0, 0.05) is 11.1 Å². The number of primary amides is 2. The molecule has 2 amide bonds.